The second-order valence-corrected chi connectivity index (χ2v) is 6.50. The Hall–Kier alpha value is -2.35. The van der Waals surface area contributed by atoms with Crippen molar-refractivity contribution in [3.63, 3.8) is 0 Å². The molecular weight excluding hydrogens is 316 g/mol. The lowest BCUT2D eigenvalue weighted by atomic mass is 10.1. The number of guanidine groups is 1. The largest absolute Gasteiger partial charge is 0.357 e. The van der Waals surface area contributed by atoms with Gasteiger partial charge >= 0.3 is 0 Å². The molecule has 1 atom stereocenters. The summed E-state index contributed by atoms with van der Waals surface area (Å²) in [6.45, 7) is 4.34. The first kappa shape index (κ1) is 19.0. The van der Waals surface area contributed by atoms with Gasteiger partial charge in [-0.3, -0.25) is 14.4 Å². The van der Waals surface area contributed by atoms with Gasteiger partial charge in [0.15, 0.2) is 5.96 Å². The SMILES string of the molecule is CCNC(=NCC(c1cnn(C)c1)N(C)C)N(C)Cc1cnn(C)c1. The average Bonchev–Trinajstić information content (AvgIpc) is 3.14. The summed E-state index contributed by atoms with van der Waals surface area (Å²) in [5.74, 6) is 0.891. The molecule has 0 aromatic carbocycles. The molecule has 0 amide bonds. The Labute approximate surface area is 150 Å². The second-order valence-electron chi connectivity index (χ2n) is 6.50. The highest BCUT2D eigenvalue weighted by atomic mass is 15.3. The molecule has 1 unspecified atom stereocenters. The van der Waals surface area contributed by atoms with Gasteiger partial charge in [-0.15, -0.1) is 0 Å². The van der Waals surface area contributed by atoms with E-state index in [1.54, 1.807) is 0 Å². The number of nitrogens with one attached hydrogen (secondary N) is 1. The van der Waals surface area contributed by atoms with Gasteiger partial charge in [0.05, 0.1) is 25.0 Å². The molecule has 8 heteroatoms. The molecule has 0 saturated heterocycles. The van der Waals surface area contributed by atoms with Gasteiger partial charge in [-0.05, 0) is 21.0 Å². The number of likely N-dealkylation sites (N-methyl/N-ethyl adjacent to an activating group) is 1. The van der Waals surface area contributed by atoms with Crippen molar-refractivity contribution in [1.82, 2.24) is 34.7 Å². The maximum Gasteiger partial charge on any atom is 0.194 e. The molecule has 1 N–H and O–H groups in total. The molecule has 138 valence electrons. The molecule has 2 aromatic heterocycles. The normalized spacial score (nSPS) is 13.3. The number of aromatic nitrogens is 4. The smallest absolute Gasteiger partial charge is 0.194 e. The fourth-order valence-electron chi connectivity index (χ4n) is 2.72. The lowest BCUT2D eigenvalue weighted by Crippen LogP contribution is -2.39. The van der Waals surface area contributed by atoms with Crippen LogP contribution >= 0.6 is 0 Å². The van der Waals surface area contributed by atoms with E-state index in [9.17, 15) is 0 Å². The molecule has 0 radical (unpaired) electrons. The zero-order valence-corrected chi connectivity index (χ0v) is 16.1. The van der Waals surface area contributed by atoms with E-state index >= 15 is 0 Å². The van der Waals surface area contributed by atoms with Crippen molar-refractivity contribution in [1.29, 1.82) is 0 Å². The van der Waals surface area contributed by atoms with Crippen molar-refractivity contribution >= 4 is 5.96 Å². The van der Waals surface area contributed by atoms with Crippen molar-refractivity contribution in [3.8, 4) is 0 Å². The maximum absolute atomic E-state index is 4.85. The standard InChI is InChI=1S/C17H30N8/c1-7-18-17(23(4)11-14-8-20-24(5)12-14)19-10-16(22(2)3)15-9-21-25(6)13-15/h8-9,12-13,16H,7,10-11H2,1-6H3,(H,18,19). The Balaban J connectivity index is 2.10. The first-order valence-electron chi connectivity index (χ1n) is 8.52. The zero-order valence-electron chi connectivity index (χ0n) is 16.1. The van der Waals surface area contributed by atoms with Crippen LogP contribution in [0.15, 0.2) is 29.8 Å². The quantitative estimate of drug-likeness (QED) is 0.595. The lowest BCUT2D eigenvalue weighted by molar-refractivity contribution is 0.305. The minimum absolute atomic E-state index is 0.189. The maximum atomic E-state index is 4.85. The van der Waals surface area contributed by atoms with Crippen LogP contribution in [-0.4, -0.2) is 69.6 Å². The summed E-state index contributed by atoms with van der Waals surface area (Å²) in [7, 11) is 10.0. The minimum atomic E-state index is 0.189. The molecule has 2 rings (SSSR count). The number of hydrogen-bond acceptors (Lipinski definition) is 4. The highest BCUT2D eigenvalue weighted by Crippen LogP contribution is 2.17. The van der Waals surface area contributed by atoms with Gasteiger partial charge < -0.3 is 15.1 Å². The molecule has 2 aromatic rings. The van der Waals surface area contributed by atoms with Gasteiger partial charge in [-0.25, -0.2) is 0 Å². The summed E-state index contributed by atoms with van der Waals surface area (Å²) >= 11 is 0. The first-order valence-corrected chi connectivity index (χ1v) is 8.52. The molecule has 0 aliphatic rings. The van der Waals surface area contributed by atoms with E-state index in [2.05, 4.69) is 46.3 Å². The van der Waals surface area contributed by atoms with Crippen molar-refractivity contribution in [2.45, 2.75) is 19.5 Å². The van der Waals surface area contributed by atoms with Gasteiger partial charge in [-0.1, -0.05) is 0 Å². The van der Waals surface area contributed by atoms with Crippen LogP contribution in [0.3, 0.4) is 0 Å². The molecule has 0 aliphatic heterocycles. The Morgan fingerprint density at radius 3 is 2.36 bits per heavy atom. The fraction of sp³-hybridized carbons (Fsp3) is 0.588. The van der Waals surface area contributed by atoms with Crippen LogP contribution in [0.25, 0.3) is 0 Å². The molecule has 25 heavy (non-hydrogen) atoms. The summed E-state index contributed by atoms with van der Waals surface area (Å²) in [5, 5.41) is 11.9. The van der Waals surface area contributed by atoms with E-state index in [4.69, 9.17) is 4.99 Å². The van der Waals surface area contributed by atoms with Crippen LogP contribution in [0.5, 0.6) is 0 Å². The summed E-state index contributed by atoms with van der Waals surface area (Å²) in [5.41, 5.74) is 2.33. The molecular formula is C17H30N8. The third-order valence-electron chi connectivity index (χ3n) is 4.02. The molecule has 0 fully saturated rings. The second kappa shape index (κ2) is 8.66. The van der Waals surface area contributed by atoms with E-state index in [-0.39, 0.29) is 6.04 Å². The number of nitrogens with zero attached hydrogens (tertiary/aromatic N) is 7. The topological polar surface area (TPSA) is 66.5 Å². The van der Waals surface area contributed by atoms with Crippen molar-refractivity contribution in [3.05, 3.63) is 35.9 Å². The molecule has 2 heterocycles. The number of hydrogen-bond donors (Lipinski definition) is 1. The predicted molar refractivity (Wildman–Crippen MR) is 100 cm³/mol. The highest BCUT2D eigenvalue weighted by molar-refractivity contribution is 5.79. The summed E-state index contributed by atoms with van der Waals surface area (Å²) in [4.78, 5) is 9.14. The van der Waals surface area contributed by atoms with Gasteiger partial charge in [-0.2, -0.15) is 10.2 Å². The Morgan fingerprint density at radius 1 is 1.16 bits per heavy atom. The average molecular weight is 346 g/mol. The Bertz CT molecular complexity index is 684. The van der Waals surface area contributed by atoms with E-state index in [0.29, 0.717) is 6.54 Å². The summed E-state index contributed by atoms with van der Waals surface area (Å²) in [6.07, 6.45) is 7.87. The Morgan fingerprint density at radius 2 is 1.84 bits per heavy atom. The van der Waals surface area contributed by atoms with Crippen molar-refractivity contribution in [2.75, 3.05) is 34.2 Å². The van der Waals surface area contributed by atoms with Crippen LogP contribution in [0.1, 0.15) is 24.1 Å². The van der Waals surface area contributed by atoms with Crippen LogP contribution in [-0.2, 0) is 20.6 Å². The van der Waals surface area contributed by atoms with Crippen molar-refractivity contribution in [2.24, 2.45) is 19.1 Å². The zero-order chi connectivity index (χ0) is 18.4. The van der Waals surface area contributed by atoms with Gasteiger partial charge in [0.2, 0.25) is 0 Å². The van der Waals surface area contributed by atoms with Gasteiger partial charge in [0, 0.05) is 57.8 Å². The van der Waals surface area contributed by atoms with E-state index in [1.807, 2.05) is 55.3 Å². The number of rotatable bonds is 7. The molecule has 0 aliphatic carbocycles. The monoisotopic (exact) mass is 346 g/mol. The van der Waals surface area contributed by atoms with E-state index in [0.717, 1.165) is 24.6 Å². The lowest BCUT2D eigenvalue weighted by Gasteiger charge is -2.25. The summed E-state index contributed by atoms with van der Waals surface area (Å²) in [6, 6.07) is 0.189. The van der Waals surface area contributed by atoms with Crippen molar-refractivity contribution < 1.29 is 0 Å². The predicted octanol–water partition coefficient (Wildman–Crippen LogP) is 0.854. The molecule has 0 bridgehead atoms. The van der Waals surface area contributed by atoms with E-state index in [1.165, 1.54) is 5.56 Å². The highest BCUT2D eigenvalue weighted by Gasteiger charge is 2.16. The van der Waals surface area contributed by atoms with Crippen LogP contribution < -0.4 is 5.32 Å². The minimum Gasteiger partial charge on any atom is -0.357 e. The van der Waals surface area contributed by atoms with E-state index < -0.39 is 0 Å². The third-order valence-corrected chi connectivity index (χ3v) is 4.02. The van der Waals surface area contributed by atoms with Crippen LogP contribution in [0, 0.1) is 0 Å². The summed E-state index contributed by atoms with van der Waals surface area (Å²) < 4.78 is 3.65. The Kier molecular flexibility index (Phi) is 6.58. The molecule has 8 nitrogen and oxygen atoms in total. The third kappa shape index (κ3) is 5.32. The molecule has 0 saturated carbocycles. The molecule has 0 spiro atoms. The van der Waals surface area contributed by atoms with Gasteiger partial charge in [0.25, 0.3) is 0 Å². The number of aliphatic imine (C=N–C) groups is 1. The van der Waals surface area contributed by atoms with Crippen LogP contribution in [0.2, 0.25) is 0 Å². The van der Waals surface area contributed by atoms with Gasteiger partial charge in [0.1, 0.15) is 0 Å². The fourth-order valence-corrected chi connectivity index (χ4v) is 2.72. The van der Waals surface area contributed by atoms with Crippen LogP contribution in [0.4, 0.5) is 0 Å². The first-order chi connectivity index (χ1) is 11.9. The number of aryl methyl sites for hydroxylation is 2.